The number of benzene rings is 1. The molecule has 0 bridgehead atoms. The quantitative estimate of drug-likeness (QED) is 0.630. The fraction of sp³-hybridized carbons (Fsp3) is 0.375. The zero-order valence-corrected chi connectivity index (χ0v) is 16.9. The standard InChI is InChI=1S/C24H29N3/c1-5-6-20-9-8-19(14-25-20)18(3)15-27-23-10-7-17(2)13-21(23)22-16-26(4)12-11-24(22)27/h7-10,13-15H,5-6,11-12,16H2,1-4H3. The Balaban J connectivity index is 1.80. The van der Waals surface area contributed by atoms with Crippen LogP contribution >= 0.6 is 0 Å². The molecule has 0 atom stereocenters. The number of fused-ring (bicyclic) bond motifs is 3. The van der Waals surface area contributed by atoms with Gasteiger partial charge in [0.15, 0.2) is 0 Å². The molecular formula is C24H29N3. The van der Waals surface area contributed by atoms with E-state index in [2.05, 4.69) is 78.8 Å². The lowest BCUT2D eigenvalue weighted by Crippen LogP contribution is -2.26. The van der Waals surface area contributed by atoms with Gasteiger partial charge in [0.25, 0.3) is 0 Å². The number of allylic oxidation sites excluding steroid dienone is 1. The maximum Gasteiger partial charge on any atom is 0.0529 e. The molecule has 1 aliphatic rings. The Morgan fingerprint density at radius 2 is 2.07 bits per heavy atom. The van der Waals surface area contributed by atoms with Crippen LogP contribution in [0, 0.1) is 6.92 Å². The van der Waals surface area contributed by atoms with E-state index in [9.17, 15) is 0 Å². The third kappa shape index (κ3) is 3.44. The van der Waals surface area contributed by atoms with Gasteiger partial charge >= 0.3 is 0 Å². The van der Waals surface area contributed by atoms with E-state index in [1.807, 2.05) is 6.20 Å². The molecule has 1 aliphatic heterocycles. The van der Waals surface area contributed by atoms with E-state index in [1.165, 1.54) is 44.6 Å². The molecule has 0 saturated heterocycles. The summed E-state index contributed by atoms with van der Waals surface area (Å²) >= 11 is 0. The summed E-state index contributed by atoms with van der Waals surface area (Å²) in [4.78, 5) is 7.05. The lowest BCUT2D eigenvalue weighted by atomic mass is 10.0. The molecule has 140 valence electrons. The van der Waals surface area contributed by atoms with Gasteiger partial charge in [-0.2, -0.15) is 0 Å². The van der Waals surface area contributed by atoms with Crippen molar-refractivity contribution in [1.82, 2.24) is 14.5 Å². The summed E-state index contributed by atoms with van der Waals surface area (Å²) in [6.45, 7) is 8.71. The van der Waals surface area contributed by atoms with Crippen molar-refractivity contribution in [2.45, 2.75) is 46.6 Å². The number of hydrogen-bond donors (Lipinski definition) is 0. The first-order valence-electron chi connectivity index (χ1n) is 10.0. The highest BCUT2D eigenvalue weighted by molar-refractivity contribution is 5.90. The van der Waals surface area contributed by atoms with Crippen molar-refractivity contribution in [2.75, 3.05) is 13.6 Å². The van der Waals surface area contributed by atoms with Crippen molar-refractivity contribution < 1.29 is 0 Å². The van der Waals surface area contributed by atoms with Crippen LogP contribution in [-0.4, -0.2) is 28.0 Å². The first kappa shape index (κ1) is 18.0. The zero-order chi connectivity index (χ0) is 19.0. The Morgan fingerprint density at radius 1 is 1.22 bits per heavy atom. The summed E-state index contributed by atoms with van der Waals surface area (Å²) in [6, 6.07) is 11.2. The highest BCUT2D eigenvalue weighted by Gasteiger charge is 2.21. The molecule has 1 aromatic carbocycles. The molecule has 3 nitrogen and oxygen atoms in total. The van der Waals surface area contributed by atoms with Crippen molar-refractivity contribution in [3.63, 3.8) is 0 Å². The van der Waals surface area contributed by atoms with Gasteiger partial charge in [-0.15, -0.1) is 0 Å². The molecule has 4 rings (SSSR count). The van der Waals surface area contributed by atoms with E-state index < -0.39 is 0 Å². The first-order valence-corrected chi connectivity index (χ1v) is 10.0. The van der Waals surface area contributed by atoms with Gasteiger partial charge in [-0.25, -0.2) is 0 Å². The Labute approximate surface area is 162 Å². The maximum absolute atomic E-state index is 4.63. The van der Waals surface area contributed by atoms with Crippen molar-refractivity contribution in [3.8, 4) is 0 Å². The third-order valence-corrected chi connectivity index (χ3v) is 5.64. The number of rotatable bonds is 4. The average molecular weight is 360 g/mol. The zero-order valence-electron chi connectivity index (χ0n) is 16.9. The summed E-state index contributed by atoms with van der Waals surface area (Å²) in [5.74, 6) is 0. The predicted octanol–water partition coefficient (Wildman–Crippen LogP) is 5.30. The summed E-state index contributed by atoms with van der Waals surface area (Å²) in [7, 11) is 2.21. The summed E-state index contributed by atoms with van der Waals surface area (Å²) in [6.07, 6.45) is 7.60. The highest BCUT2D eigenvalue weighted by atomic mass is 15.1. The molecule has 3 aromatic rings. The second-order valence-electron chi connectivity index (χ2n) is 7.90. The lowest BCUT2D eigenvalue weighted by molar-refractivity contribution is 0.312. The molecule has 0 spiro atoms. The van der Waals surface area contributed by atoms with E-state index >= 15 is 0 Å². The van der Waals surface area contributed by atoms with Gasteiger partial charge in [0.05, 0.1) is 5.52 Å². The predicted molar refractivity (Wildman–Crippen MR) is 115 cm³/mol. The van der Waals surface area contributed by atoms with Gasteiger partial charge in [-0.1, -0.05) is 31.0 Å². The van der Waals surface area contributed by atoms with Gasteiger partial charge in [-0.3, -0.25) is 4.98 Å². The minimum atomic E-state index is 1.03. The van der Waals surface area contributed by atoms with Crippen molar-refractivity contribution in [3.05, 3.63) is 64.6 Å². The number of aryl methyl sites for hydroxylation is 2. The SMILES string of the molecule is CCCc1ccc(C(C)=Cn2c3c(c4cc(C)ccc42)CN(C)CC3)cn1. The molecule has 0 fully saturated rings. The van der Waals surface area contributed by atoms with Gasteiger partial charge in [0.2, 0.25) is 0 Å². The van der Waals surface area contributed by atoms with Crippen molar-refractivity contribution >= 4 is 22.7 Å². The van der Waals surface area contributed by atoms with E-state index in [-0.39, 0.29) is 0 Å². The smallest absolute Gasteiger partial charge is 0.0529 e. The summed E-state index contributed by atoms with van der Waals surface area (Å²) in [5.41, 5.74) is 9.22. The van der Waals surface area contributed by atoms with Crippen LogP contribution in [0.5, 0.6) is 0 Å². The monoisotopic (exact) mass is 359 g/mol. The molecule has 0 unspecified atom stereocenters. The lowest BCUT2D eigenvalue weighted by Gasteiger charge is -2.23. The van der Waals surface area contributed by atoms with Gasteiger partial charge < -0.3 is 9.47 Å². The Hall–Kier alpha value is -2.39. The van der Waals surface area contributed by atoms with E-state index in [0.717, 1.165) is 32.4 Å². The molecule has 0 aliphatic carbocycles. The van der Waals surface area contributed by atoms with Crippen LogP contribution in [0.1, 0.15) is 48.3 Å². The van der Waals surface area contributed by atoms with Crippen LogP contribution < -0.4 is 0 Å². The topological polar surface area (TPSA) is 21.1 Å². The molecule has 0 radical (unpaired) electrons. The minimum absolute atomic E-state index is 1.03. The van der Waals surface area contributed by atoms with Crippen LogP contribution in [0.2, 0.25) is 0 Å². The molecule has 0 amide bonds. The summed E-state index contributed by atoms with van der Waals surface area (Å²) < 4.78 is 2.42. The van der Waals surface area contributed by atoms with Gasteiger partial charge in [0.1, 0.15) is 0 Å². The normalized spacial score (nSPS) is 15.3. The fourth-order valence-electron chi connectivity index (χ4n) is 4.12. The number of likely N-dealkylation sites (N-methyl/N-ethyl adjacent to an activating group) is 1. The maximum atomic E-state index is 4.63. The van der Waals surface area contributed by atoms with Gasteiger partial charge in [-0.05, 0) is 62.2 Å². The largest absolute Gasteiger partial charge is 0.320 e. The number of nitrogens with zero attached hydrogens (tertiary/aromatic N) is 3. The Morgan fingerprint density at radius 3 is 2.81 bits per heavy atom. The fourth-order valence-corrected chi connectivity index (χ4v) is 4.12. The molecule has 27 heavy (non-hydrogen) atoms. The van der Waals surface area contributed by atoms with Crippen LogP contribution in [0.3, 0.4) is 0 Å². The molecular weight excluding hydrogens is 330 g/mol. The second kappa shape index (κ2) is 7.32. The molecule has 3 heterocycles. The summed E-state index contributed by atoms with van der Waals surface area (Å²) in [5, 5.41) is 1.40. The minimum Gasteiger partial charge on any atom is -0.320 e. The molecule has 3 heteroatoms. The van der Waals surface area contributed by atoms with Crippen molar-refractivity contribution in [1.29, 1.82) is 0 Å². The first-order chi connectivity index (χ1) is 13.1. The number of hydrogen-bond acceptors (Lipinski definition) is 2. The van der Waals surface area contributed by atoms with Gasteiger partial charge in [0, 0.05) is 48.7 Å². The van der Waals surface area contributed by atoms with E-state index in [0.29, 0.717) is 0 Å². The third-order valence-electron chi connectivity index (χ3n) is 5.64. The molecule has 0 N–H and O–H groups in total. The number of pyridine rings is 1. The van der Waals surface area contributed by atoms with Crippen LogP contribution in [0.15, 0.2) is 36.5 Å². The number of aromatic nitrogens is 2. The van der Waals surface area contributed by atoms with Crippen LogP contribution in [0.25, 0.3) is 22.7 Å². The van der Waals surface area contributed by atoms with Crippen LogP contribution in [-0.2, 0) is 19.4 Å². The molecule has 2 aromatic heterocycles. The second-order valence-corrected chi connectivity index (χ2v) is 7.90. The average Bonchev–Trinajstić information content (AvgIpc) is 2.95. The van der Waals surface area contributed by atoms with E-state index in [1.54, 1.807) is 0 Å². The van der Waals surface area contributed by atoms with Crippen LogP contribution in [0.4, 0.5) is 0 Å². The van der Waals surface area contributed by atoms with E-state index in [4.69, 9.17) is 0 Å². The highest BCUT2D eigenvalue weighted by Crippen LogP contribution is 2.32. The Bertz CT molecular complexity index is 993. The Kier molecular flexibility index (Phi) is 4.88. The van der Waals surface area contributed by atoms with Crippen molar-refractivity contribution in [2.24, 2.45) is 0 Å². The molecule has 0 saturated carbocycles.